The molecule has 0 unspecified atom stereocenters. The summed E-state index contributed by atoms with van der Waals surface area (Å²) in [4.78, 5) is 2.32. The van der Waals surface area contributed by atoms with Crippen molar-refractivity contribution in [2.45, 2.75) is 20.4 Å². The Kier molecular flexibility index (Phi) is 6.05. The van der Waals surface area contributed by atoms with Crippen molar-refractivity contribution in [3.05, 3.63) is 28.2 Å². The number of benzene rings is 1. The van der Waals surface area contributed by atoms with Crippen LogP contribution in [0.1, 0.15) is 19.4 Å². The number of rotatable bonds is 5. The molecule has 2 rings (SSSR count). The van der Waals surface area contributed by atoms with Crippen molar-refractivity contribution in [3.63, 3.8) is 0 Å². The molecule has 1 aromatic rings. The minimum absolute atomic E-state index is 0.617. The molecule has 0 bridgehead atoms. The van der Waals surface area contributed by atoms with Crippen LogP contribution in [0.4, 0.5) is 5.69 Å². The van der Waals surface area contributed by atoms with Crippen molar-refractivity contribution in [2.75, 3.05) is 36.0 Å². The lowest BCUT2D eigenvalue weighted by atomic mass is 10.1. The van der Waals surface area contributed by atoms with E-state index in [0.717, 1.165) is 42.2 Å². The molecule has 0 saturated carbocycles. The zero-order valence-corrected chi connectivity index (χ0v) is 14.6. The second-order valence-corrected chi connectivity index (χ2v) is 8.19. The zero-order chi connectivity index (χ0) is 14.5. The average Bonchev–Trinajstić information content (AvgIpc) is 2.41. The van der Waals surface area contributed by atoms with Crippen LogP contribution in [0.15, 0.2) is 22.7 Å². The number of nitrogens with zero attached hydrogens (tertiary/aromatic N) is 1. The monoisotopic (exact) mass is 358 g/mol. The van der Waals surface area contributed by atoms with Gasteiger partial charge in [0.05, 0.1) is 0 Å². The number of hydrogen-bond donors (Lipinski definition) is 1. The lowest BCUT2D eigenvalue weighted by Gasteiger charge is -2.28. The predicted octanol–water partition coefficient (Wildman–Crippen LogP) is 2.76. The molecule has 1 fully saturated rings. The van der Waals surface area contributed by atoms with Gasteiger partial charge in [0.1, 0.15) is 0 Å². The van der Waals surface area contributed by atoms with Gasteiger partial charge in [-0.1, -0.05) is 35.8 Å². The van der Waals surface area contributed by atoms with E-state index in [1.54, 1.807) is 0 Å². The third-order valence-electron chi connectivity index (χ3n) is 3.45. The highest BCUT2D eigenvalue weighted by Gasteiger charge is 2.16. The van der Waals surface area contributed by atoms with E-state index in [0.29, 0.717) is 5.92 Å². The SMILES string of the molecule is CC(C)CNCc1ccc(N2CCS(=O)CC2)cc1Br. The smallest absolute Gasteiger partial charge is 0.0411 e. The summed E-state index contributed by atoms with van der Waals surface area (Å²) in [5, 5.41) is 3.46. The molecule has 1 aromatic carbocycles. The van der Waals surface area contributed by atoms with Crippen molar-refractivity contribution >= 4 is 32.4 Å². The van der Waals surface area contributed by atoms with E-state index in [9.17, 15) is 4.21 Å². The van der Waals surface area contributed by atoms with Crippen LogP contribution in [0.5, 0.6) is 0 Å². The van der Waals surface area contributed by atoms with Crippen LogP contribution in [0, 0.1) is 5.92 Å². The van der Waals surface area contributed by atoms with E-state index < -0.39 is 10.8 Å². The third-order valence-corrected chi connectivity index (χ3v) is 5.46. The van der Waals surface area contributed by atoms with Gasteiger partial charge in [0.2, 0.25) is 0 Å². The van der Waals surface area contributed by atoms with Gasteiger partial charge < -0.3 is 10.2 Å². The highest BCUT2D eigenvalue weighted by molar-refractivity contribution is 9.10. The molecule has 0 atom stereocenters. The highest BCUT2D eigenvalue weighted by atomic mass is 79.9. The quantitative estimate of drug-likeness (QED) is 0.878. The van der Waals surface area contributed by atoms with Crippen molar-refractivity contribution in [2.24, 2.45) is 5.92 Å². The summed E-state index contributed by atoms with van der Waals surface area (Å²) in [6.45, 7) is 8.14. The van der Waals surface area contributed by atoms with Gasteiger partial charge in [-0.25, -0.2) is 0 Å². The molecular formula is C15H23BrN2OS. The molecule has 1 aliphatic rings. The fourth-order valence-corrected chi connectivity index (χ4v) is 3.83. The first-order valence-electron chi connectivity index (χ1n) is 7.15. The van der Waals surface area contributed by atoms with Gasteiger partial charge in [-0.3, -0.25) is 4.21 Å². The topological polar surface area (TPSA) is 32.3 Å². The van der Waals surface area contributed by atoms with Crippen LogP contribution in [0.2, 0.25) is 0 Å². The Bertz CT molecular complexity index is 469. The number of halogens is 1. The average molecular weight is 359 g/mol. The van der Waals surface area contributed by atoms with Crippen LogP contribution < -0.4 is 10.2 Å². The summed E-state index contributed by atoms with van der Waals surface area (Å²) in [6.07, 6.45) is 0. The molecule has 0 amide bonds. The second-order valence-electron chi connectivity index (χ2n) is 5.64. The zero-order valence-electron chi connectivity index (χ0n) is 12.2. The van der Waals surface area contributed by atoms with E-state index in [1.165, 1.54) is 11.3 Å². The van der Waals surface area contributed by atoms with Crippen molar-refractivity contribution in [3.8, 4) is 0 Å². The van der Waals surface area contributed by atoms with E-state index >= 15 is 0 Å². The van der Waals surface area contributed by atoms with Gasteiger partial charge >= 0.3 is 0 Å². The summed E-state index contributed by atoms with van der Waals surface area (Å²) in [6, 6.07) is 6.53. The van der Waals surface area contributed by atoms with E-state index in [1.807, 2.05) is 0 Å². The predicted molar refractivity (Wildman–Crippen MR) is 90.8 cm³/mol. The first-order valence-corrected chi connectivity index (χ1v) is 9.43. The van der Waals surface area contributed by atoms with Crippen LogP contribution in [-0.2, 0) is 17.3 Å². The Labute approximate surface area is 132 Å². The molecule has 112 valence electrons. The number of hydrogen-bond acceptors (Lipinski definition) is 3. The molecule has 1 aliphatic heterocycles. The van der Waals surface area contributed by atoms with Crippen LogP contribution >= 0.6 is 15.9 Å². The van der Waals surface area contributed by atoms with Crippen LogP contribution in [0.3, 0.4) is 0 Å². The van der Waals surface area contributed by atoms with Gasteiger partial charge in [-0.2, -0.15) is 0 Å². The summed E-state index contributed by atoms with van der Waals surface area (Å²) < 4.78 is 12.6. The van der Waals surface area contributed by atoms with E-state index in [4.69, 9.17) is 0 Å². The number of nitrogens with one attached hydrogen (secondary N) is 1. The summed E-state index contributed by atoms with van der Waals surface area (Å²) in [5.41, 5.74) is 2.51. The Morgan fingerprint density at radius 2 is 2.05 bits per heavy atom. The Morgan fingerprint density at radius 3 is 2.65 bits per heavy atom. The van der Waals surface area contributed by atoms with Crippen LogP contribution in [-0.4, -0.2) is 35.3 Å². The molecule has 1 saturated heterocycles. The number of anilines is 1. The lowest BCUT2D eigenvalue weighted by Crippen LogP contribution is -2.37. The molecule has 1 heterocycles. The molecule has 20 heavy (non-hydrogen) atoms. The molecule has 3 nitrogen and oxygen atoms in total. The van der Waals surface area contributed by atoms with Gasteiger partial charge in [0.25, 0.3) is 0 Å². The maximum Gasteiger partial charge on any atom is 0.0411 e. The molecule has 0 radical (unpaired) electrons. The van der Waals surface area contributed by atoms with E-state index in [-0.39, 0.29) is 0 Å². The minimum Gasteiger partial charge on any atom is -0.370 e. The first kappa shape index (κ1) is 16.0. The highest BCUT2D eigenvalue weighted by Crippen LogP contribution is 2.25. The van der Waals surface area contributed by atoms with Gasteiger partial charge in [0, 0.05) is 52.1 Å². The van der Waals surface area contributed by atoms with Gasteiger partial charge in [0.15, 0.2) is 0 Å². The summed E-state index contributed by atoms with van der Waals surface area (Å²) in [7, 11) is -0.617. The Morgan fingerprint density at radius 1 is 1.35 bits per heavy atom. The van der Waals surface area contributed by atoms with Crippen LogP contribution in [0.25, 0.3) is 0 Å². The largest absolute Gasteiger partial charge is 0.370 e. The Balaban J connectivity index is 1.96. The minimum atomic E-state index is -0.617. The maximum atomic E-state index is 11.4. The maximum absolute atomic E-state index is 11.4. The van der Waals surface area contributed by atoms with Gasteiger partial charge in [-0.05, 0) is 30.2 Å². The standard InChI is InChI=1S/C15H23BrN2OS/c1-12(2)10-17-11-13-3-4-14(9-15(13)16)18-5-7-20(19)8-6-18/h3-4,9,12,17H,5-8,10-11H2,1-2H3. The van der Waals surface area contributed by atoms with Crippen molar-refractivity contribution in [1.82, 2.24) is 5.32 Å². The molecular weight excluding hydrogens is 336 g/mol. The molecule has 5 heteroatoms. The van der Waals surface area contributed by atoms with Gasteiger partial charge in [-0.15, -0.1) is 0 Å². The molecule has 0 spiro atoms. The van der Waals surface area contributed by atoms with Crippen molar-refractivity contribution < 1.29 is 4.21 Å². The summed E-state index contributed by atoms with van der Waals surface area (Å²) >= 11 is 3.67. The normalized spacial score (nSPS) is 16.9. The lowest BCUT2D eigenvalue weighted by molar-refractivity contribution is 0.552. The first-order chi connectivity index (χ1) is 9.56. The fourth-order valence-electron chi connectivity index (χ4n) is 2.27. The van der Waals surface area contributed by atoms with Crippen molar-refractivity contribution in [1.29, 1.82) is 0 Å². The Hall–Kier alpha value is -0.390. The molecule has 0 aliphatic carbocycles. The van der Waals surface area contributed by atoms with E-state index in [2.05, 4.69) is 58.2 Å². The fraction of sp³-hybridized carbons (Fsp3) is 0.600. The molecule has 1 N–H and O–H groups in total. The second kappa shape index (κ2) is 7.57. The third kappa shape index (κ3) is 4.57. The molecule has 0 aromatic heterocycles. The summed E-state index contributed by atoms with van der Waals surface area (Å²) in [5.74, 6) is 2.24.